The number of halogens is 1. The number of anilines is 3. The van der Waals surface area contributed by atoms with Crippen molar-refractivity contribution < 1.29 is 4.79 Å². The van der Waals surface area contributed by atoms with Gasteiger partial charge in [0.25, 0.3) is 5.91 Å². The van der Waals surface area contributed by atoms with Crippen molar-refractivity contribution in [1.29, 1.82) is 0 Å². The van der Waals surface area contributed by atoms with Crippen LogP contribution in [-0.4, -0.2) is 34.9 Å². The Morgan fingerprint density at radius 3 is 2.29 bits per heavy atom. The Kier molecular flexibility index (Phi) is 7.36. The summed E-state index contributed by atoms with van der Waals surface area (Å²) in [5, 5.41) is 8.04. The predicted molar refractivity (Wildman–Crippen MR) is 156 cm³/mol. The van der Waals surface area contributed by atoms with Gasteiger partial charge >= 0.3 is 0 Å². The number of nitrogens with one attached hydrogen (secondary N) is 2. The van der Waals surface area contributed by atoms with Crippen LogP contribution in [0.2, 0.25) is 5.02 Å². The summed E-state index contributed by atoms with van der Waals surface area (Å²) in [5.74, 6) is 0.341. The molecule has 5 aromatic rings. The second-order valence-electron chi connectivity index (χ2n) is 9.43. The van der Waals surface area contributed by atoms with E-state index in [4.69, 9.17) is 21.6 Å². The van der Waals surface area contributed by atoms with Crippen LogP contribution in [0.15, 0.2) is 91.0 Å². The first-order valence-corrected chi connectivity index (χ1v) is 12.7. The number of fused-ring (bicyclic) bond motifs is 1. The lowest BCUT2D eigenvalue weighted by Crippen LogP contribution is -2.16. The maximum Gasteiger partial charge on any atom is 0.255 e. The van der Waals surface area contributed by atoms with Crippen LogP contribution >= 0.6 is 11.6 Å². The Morgan fingerprint density at radius 2 is 1.58 bits per heavy atom. The third kappa shape index (κ3) is 5.67. The molecule has 1 aromatic heterocycles. The molecule has 0 fully saturated rings. The molecule has 0 unspecified atom stereocenters. The maximum absolute atomic E-state index is 12.8. The van der Waals surface area contributed by atoms with Crippen molar-refractivity contribution in [2.24, 2.45) is 0 Å². The van der Waals surface area contributed by atoms with Crippen LogP contribution < -0.4 is 10.6 Å². The Labute approximate surface area is 227 Å². The number of carbonyl (C=O) groups is 1. The highest BCUT2D eigenvalue weighted by atomic mass is 35.5. The minimum Gasteiger partial charge on any atom is -0.324 e. The molecular weight excluding hydrogens is 494 g/mol. The highest BCUT2D eigenvalue weighted by molar-refractivity contribution is 6.31. The van der Waals surface area contributed by atoms with E-state index < -0.39 is 0 Å². The van der Waals surface area contributed by atoms with Crippen LogP contribution in [0.3, 0.4) is 0 Å². The lowest BCUT2D eigenvalue weighted by atomic mass is 10.1. The molecule has 5 rings (SSSR count). The Hall–Kier alpha value is -4.26. The molecule has 0 saturated carbocycles. The molecule has 0 saturated heterocycles. The molecule has 1 heterocycles. The monoisotopic (exact) mass is 521 g/mol. The zero-order valence-corrected chi connectivity index (χ0v) is 22.3. The fraction of sp³-hybridized carbons (Fsp3) is 0.129. The van der Waals surface area contributed by atoms with E-state index in [1.807, 2.05) is 99.9 Å². The van der Waals surface area contributed by atoms with E-state index in [0.29, 0.717) is 23.1 Å². The third-order valence-corrected chi connectivity index (χ3v) is 6.41. The molecule has 0 aliphatic carbocycles. The van der Waals surface area contributed by atoms with E-state index >= 15 is 0 Å². The van der Waals surface area contributed by atoms with E-state index in [1.54, 1.807) is 12.1 Å². The Balaban J connectivity index is 1.54. The van der Waals surface area contributed by atoms with E-state index in [9.17, 15) is 4.79 Å². The van der Waals surface area contributed by atoms with Gasteiger partial charge in [-0.1, -0.05) is 60.1 Å². The molecule has 0 aliphatic heterocycles. The third-order valence-electron chi connectivity index (χ3n) is 6.17. The van der Waals surface area contributed by atoms with E-state index in [-0.39, 0.29) is 5.91 Å². The van der Waals surface area contributed by atoms with Crippen molar-refractivity contribution in [3.05, 3.63) is 113 Å². The van der Waals surface area contributed by atoms with Gasteiger partial charge in [-0.2, -0.15) is 0 Å². The standard InChI is InChI=1S/C31H28ClN5O/c1-20-16-28(23(19-37(2)3)17-27(20)33-30(38)22-12-8-5-9-13-22)35-31-34-26-15-14-24(32)18-25(26)29(36-31)21-10-6-4-7-11-21/h4-18H,19H2,1-3H3,(H,33,38)(H,34,35,36). The summed E-state index contributed by atoms with van der Waals surface area (Å²) in [6.07, 6.45) is 0. The first-order chi connectivity index (χ1) is 18.4. The molecule has 2 N–H and O–H groups in total. The zero-order valence-electron chi connectivity index (χ0n) is 21.5. The topological polar surface area (TPSA) is 70.2 Å². The number of nitrogens with zero attached hydrogens (tertiary/aromatic N) is 3. The van der Waals surface area contributed by atoms with Gasteiger partial charge in [-0.05, 0) is 74.6 Å². The summed E-state index contributed by atoms with van der Waals surface area (Å²) in [6, 6.07) is 28.9. The van der Waals surface area contributed by atoms with Crippen LogP contribution in [0, 0.1) is 6.92 Å². The molecule has 190 valence electrons. The normalized spacial score (nSPS) is 11.1. The minimum atomic E-state index is -0.144. The highest BCUT2D eigenvalue weighted by Crippen LogP contribution is 2.32. The molecule has 0 spiro atoms. The molecule has 0 bridgehead atoms. The largest absolute Gasteiger partial charge is 0.324 e. The van der Waals surface area contributed by atoms with Gasteiger partial charge in [0.05, 0.1) is 11.2 Å². The SMILES string of the molecule is Cc1cc(Nc2nc(-c3ccccc3)c3cc(Cl)ccc3n2)c(CN(C)C)cc1NC(=O)c1ccccc1. The van der Waals surface area contributed by atoms with Crippen molar-refractivity contribution >= 4 is 45.7 Å². The summed E-state index contributed by atoms with van der Waals surface area (Å²) in [7, 11) is 4.02. The van der Waals surface area contributed by atoms with Gasteiger partial charge in [0.1, 0.15) is 0 Å². The molecule has 4 aromatic carbocycles. The average Bonchev–Trinajstić information content (AvgIpc) is 2.91. The summed E-state index contributed by atoms with van der Waals surface area (Å²) in [6.45, 7) is 2.63. The van der Waals surface area contributed by atoms with Crippen LogP contribution in [0.5, 0.6) is 0 Å². The number of hydrogen-bond acceptors (Lipinski definition) is 5. The van der Waals surface area contributed by atoms with Crippen LogP contribution in [-0.2, 0) is 6.54 Å². The van der Waals surface area contributed by atoms with Crippen molar-refractivity contribution in [3.63, 3.8) is 0 Å². The van der Waals surface area contributed by atoms with Gasteiger partial charge in [-0.3, -0.25) is 4.79 Å². The molecule has 0 atom stereocenters. The van der Waals surface area contributed by atoms with Gasteiger partial charge in [-0.15, -0.1) is 0 Å². The van der Waals surface area contributed by atoms with Gasteiger partial charge in [0, 0.05) is 39.5 Å². The first kappa shape index (κ1) is 25.4. The van der Waals surface area contributed by atoms with Crippen molar-refractivity contribution in [3.8, 4) is 11.3 Å². The van der Waals surface area contributed by atoms with Crippen LogP contribution in [0.4, 0.5) is 17.3 Å². The number of amides is 1. The number of benzene rings is 4. The Morgan fingerprint density at radius 1 is 0.868 bits per heavy atom. The smallest absolute Gasteiger partial charge is 0.255 e. The molecule has 7 heteroatoms. The molecule has 1 amide bonds. The van der Waals surface area contributed by atoms with Gasteiger partial charge < -0.3 is 15.5 Å². The van der Waals surface area contributed by atoms with E-state index in [1.165, 1.54) is 0 Å². The fourth-order valence-corrected chi connectivity index (χ4v) is 4.52. The number of aromatic nitrogens is 2. The Bertz CT molecular complexity index is 1600. The number of aryl methyl sites for hydroxylation is 1. The molecule has 38 heavy (non-hydrogen) atoms. The maximum atomic E-state index is 12.8. The average molecular weight is 522 g/mol. The van der Waals surface area contributed by atoms with Crippen LogP contribution in [0.1, 0.15) is 21.5 Å². The predicted octanol–water partition coefficient (Wildman–Crippen LogP) is 7.32. The van der Waals surface area contributed by atoms with Crippen molar-refractivity contribution in [2.75, 3.05) is 24.7 Å². The van der Waals surface area contributed by atoms with E-state index in [2.05, 4.69) is 15.5 Å². The van der Waals surface area contributed by atoms with E-state index in [0.717, 1.165) is 44.7 Å². The zero-order chi connectivity index (χ0) is 26.6. The molecular formula is C31H28ClN5O. The van der Waals surface area contributed by atoms with Gasteiger partial charge in [-0.25, -0.2) is 9.97 Å². The minimum absolute atomic E-state index is 0.144. The summed E-state index contributed by atoms with van der Waals surface area (Å²) in [5.41, 5.74) is 6.76. The summed E-state index contributed by atoms with van der Waals surface area (Å²) >= 11 is 6.32. The molecule has 6 nitrogen and oxygen atoms in total. The second-order valence-corrected chi connectivity index (χ2v) is 9.87. The lowest BCUT2D eigenvalue weighted by molar-refractivity contribution is 0.102. The molecule has 0 radical (unpaired) electrons. The van der Waals surface area contributed by atoms with Gasteiger partial charge in [0.2, 0.25) is 5.95 Å². The van der Waals surface area contributed by atoms with Gasteiger partial charge in [0.15, 0.2) is 0 Å². The summed E-state index contributed by atoms with van der Waals surface area (Å²) in [4.78, 5) is 24.6. The number of rotatable bonds is 7. The van der Waals surface area contributed by atoms with Crippen molar-refractivity contribution in [1.82, 2.24) is 14.9 Å². The van der Waals surface area contributed by atoms with Crippen LogP contribution in [0.25, 0.3) is 22.2 Å². The molecule has 0 aliphatic rings. The second kappa shape index (κ2) is 11.0. The van der Waals surface area contributed by atoms with Crippen molar-refractivity contribution in [2.45, 2.75) is 13.5 Å². The lowest BCUT2D eigenvalue weighted by Gasteiger charge is -2.19. The fourth-order valence-electron chi connectivity index (χ4n) is 4.35. The number of hydrogen-bond donors (Lipinski definition) is 2. The highest BCUT2D eigenvalue weighted by Gasteiger charge is 2.15. The summed E-state index contributed by atoms with van der Waals surface area (Å²) < 4.78 is 0. The quantitative estimate of drug-likeness (QED) is 0.235. The number of carbonyl (C=O) groups excluding carboxylic acids is 1. The first-order valence-electron chi connectivity index (χ1n) is 12.3.